The fraction of sp³-hybridized carbons (Fsp3) is 0.103. The molecule has 4 rings (SSSR count). The van der Waals surface area contributed by atoms with Crippen LogP contribution in [0.2, 0.25) is 5.02 Å². The van der Waals surface area contributed by atoms with Gasteiger partial charge in [0.15, 0.2) is 0 Å². The quantitative estimate of drug-likeness (QED) is 0.117. The molecule has 0 saturated heterocycles. The van der Waals surface area contributed by atoms with E-state index in [9.17, 15) is 36.5 Å². The molecule has 4 aromatic carbocycles. The van der Waals surface area contributed by atoms with Gasteiger partial charge in [0.2, 0.25) is 0 Å². The number of hydrazone groups is 1. The number of non-ortho nitro benzene ring substituents is 1. The molecule has 10 nitrogen and oxygen atoms in total. The van der Waals surface area contributed by atoms with E-state index in [1.165, 1.54) is 42.6 Å². The van der Waals surface area contributed by atoms with Gasteiger partial charge in [0.05, 0.1) is 32.3 Å². The highest BCUT2D eigenvalue weighted by Crippen LogP contribution is 2.38. The SMILES string of the molecule is O=C(CN(c1ccc(Cl)c(C(F)(F)F)c1)S(=O)(=O)c1ccccc1)N/N=C/c1ccc(OCc2ccc([N+](=O)[O-])cc2)cc1. The van der Waals surface area contributed by atoms with Crippen LogP contribution in [0.1, 0.15) is 16.7 Å². The number of rotatable bonds is 11. The highest BCUT2D eigenvalue weighted by atomic mass is 35.5. The Morgan fingerprint density at radius 1 is 1.00 bits per heavy atom. The lowest BCUT2D eigenvalue weighted by Crippen LogP contribution is -2.39. The minimum Gasteiger partial charge on any atom is -0.489 e. The van der Waals surface area contributed by atoms with Gasteiger partial charge in [0.25, 0.3) is 21.6 Å². The van der Waals surface area contributed by atoms with E-state index in [4.69, 9.17) is 16.3 Å². The van der Waals surface area contributed by atoms with E-state index in [1.807, 2.05) is 0 Å². The van der Waals surface area contributed by atoms with Crippen LogP contribution in [0.5, 0.6) is 5.75 Å². The van der Waals surface area contributed by atoms with Crippen LogP contribution in [-0.2, 0) is 27.6 Å². The Balaban J connectivity index is 1.44. The number of ether oxygens (including phenoxy) is 1. The molecule has 0 heterocycles. The first-order valence-corrected chi connectivity index (χ1v) is 14.4. The monoisotopic (exact) mass is 646 g/mol. The summed E-state index contributed by atoms with van der Waals surface area (Å²) in [5, 5.41) is 13.9. The van der Waals surface area contributed by atoms with Crippen molar-refractivity contribution in [3.63, 3.8) is 0 Å². The smallest absolute Gasteiger partial charge is 0.417 e. The molecule has 0 spiro atoms. The van der Waals surface area contributed by atoms with Crippen molar-refractivity contribution in [3.8, 4) is 5.75 Å². The molecule has 0 aliphatic carbocycles. The summed E-state index contributed by atoms with van der Waals surface area (Å²) in [6.45, 7) is -0.717. The number of sulfonamides is 1. The van der Waals surface area contributed by atoms with Crippen LogP contribution in [0.4, 0.5) is 24.5 Å². The standard InChI is InChI=1S/C29H22ClF3N4O6S/c30-27-15-12-23(16-26(27)29(31,32)33)36(44(41,42)25-4-2-1-3-5-25)18-28(38)35-34-17-20-8-13-24(14-9-20)43-19-21-6-10-22(11-7-21)37(39)40/h1-17H,18-19H2,(H,35,38)/b34-17+. The normalized spacial score (nSPS) is 11.7. The summed E-state index contributed by atoms with van der Waals surface area (Å²) in [5.41, 5.74) is 1.73. The number of benzene rings is 4. The molecule has 0 saturated carbocycles. The predicted molar refractivity (Wildman–Crippen MR) is 157 cm³/mol. The third-order valence-corrected chi connectivity index (χ3v) is 8.12. The average molecular weight is 647 g/mol. The van der Waals surface area contributed by atoms with Crippen molar-refractivity contribution in [1.82, 2.24) is 5.43 Å². The maximum Gasteiger partial charge on any atom is 0.417 e. The van der Waals surface area contributed by atoms with Crippen LogP contribution in [0.25, 0.3) is 0 Å². The Bertz CT molecular complexity index is 1770. The summed E-state index contributed by atoms with van der Waals surface area (Å²) in [6, 6.07) is 21.9. The number of nitro groups is 1. The number of anilines is 1. The molecule has 0 aromatic heterocycles. The number of amides is 1. The van der Waals surface area contributed by atoms with E-state index in [-0.39, 0.29) is 17.2 Å². The molecular formula is C29H22ClF3N4O6S. The van der Waals surface area contributed by atoms with Crippen LogP contribution in [0, 0.1) is 10.1 Å². The molecule has 0 unspecified atom stereocenters. The van der Waals surface area contributed by atoms with Crippen molar-refractivity contribution in [1.29, 1.82) is 0 Å². The summed E-state index contributed by atoms with van der Waals surface area (Å²) in [5.74, 6) is -0.431. The van der Waals surface area contributed by atoms with E-state index < -0.39 is 49.8 Å². The first kappa shape index (κ1) is 32.0. The molecule has 0 atom stereocenters. The number of hydrogen-bond acceptors (Lipinski definition) is 7. The van der Waals surface area contributed by atoms with Gasteiger partial charge in [-0.25, -0.2) is 13.8 Å². The molecule has 4 aromatic rings. The number of carbonyl (C=O) groups is 1. The maximum atomic E-state index is 13.5. The second-order valence-corrected chi connectivity index (χ2v) is 11.3. The lowest BCUT2D eigenvalue weighted by molar-refractivity contribution is -0.384. The summed E-state index contributed by atoms with van der Waals surface area (Å²) in [7, 11) is -4.47. The van der Waals surface area contributed by atoms with Crippen molar-refractivity contribution in [2.75, 3.05) is 10.8 Å². The Labute approximate surface area is 254 Å². The van der Waals surface area contributed by atoms with E-state index >= 15 is 0 Å². The topological polar surface area (TPSA) is 131 Å². The first-order valence-electron chi connectivity index (χ1n) is 12.6. The van der Waals surface area contributed by atoms with Crippen molar-refractivity contribution < 1.29 is 36.0 Å². The molecule has 1 N–H and O–H groups in total. The van der Waals surface area contributed by atoms with Crippen LogP contribution in [-0.4, -0.2) is 32.0 Å². The van der Waals surface area contributed by atoms with Gasteiger partial charge < -0.3 is 4.74 Å². The third-order valence-electron chi connectivity index (χ3n) is 6.00. The zero-order valence-electron chi connectivity index (χ0n) is 22.4. The Hall–Kier alpha value is -4.95. The van der Waals surface area contributed by atoms with Crippen molar-refractivity contribution in [2.24, 2.45) is 5.10 Å². The van der Waals surface area contributed by atoms with E-state index in [0.29, 0.717) is 21.7 Å². The highest BCUT2D eigenvalue weighted by Gasteiger charge is 2.35. The van der Waals surface area contributed by atoms with Gasteiger partial charge in [-0.3, -0.25) is 19.2 Å². The lowest BCUT2D eigenvalue weighted by Gasteiger charge is -2.24. The fourth-order valence-electron chi connectivity index (χ4n) is 3.80. The fourth-order valence-corrected chi connectivity index (χ4v) is 5.45. The van der Waals surface area contributed by atoms with Gasteiger partial charge in [0, 0.05) is 12.1 Å². The van der Waals surface area contributed by atoms with Gasteiger partial charge in [-0.1, -0.05) is 29.8 Å². The molecule has 0 aliphatic rings. The minimum atomic E-state index is -4.87. The molecular weight excluding hydrogens is 625 g/mol. The zero-order chi connectivity index (χ0) is 31.9. The summed E-state index contributed by atoms with van der Waals surface area (Å²) in [4.78, 5) is 22.8. The zero-order valence-corrected chi connectivity index (χ0v) is 24.0. The van der Waals surface area contributed by atoms with Crippen LogP contribution in [0.15, 0.2) is 107 Å². The number of carbonyl (C=O) groups excluding carboxylic acids is 1. The molecule has 1 amide bonds. The number of alkyl halides is 3. The van der Waals surface area contributed by atoms with Gasteiger partial charge >= 0.3 is 6.18 Å². The molecule has 0 fully saturated rings. The van der Waals surface area contributed by atoms with E-state index in [2.05, 4.69) is 10.5 Å². The lowest BCUT2D eigenvalue weighted by atomic mass is 10.2. The Morgan fingerprint density at radius 2 is 1.66 bits per heavy atom. The maximum absolute atomic E-state index is 13.5. The summed E-state index contributed by atoms with van der Waals surface area (Å²) >= 11 is 5.70. The first-order chi connectivity index (χ1) is 20.8. The number of hydrogen-bond donors (Lipinski definition) is 1. The van der Waals surface area contributed by atoms with Gasteiger partial charge in [-0.2, -0.15) is 18.3 Å². The number of halogens is 4. The van der Waals surface area contributed by atoms with E-state index in [0.717, 1.165) is 17.7 Å². The molecule has 228 valence electrons. The number of nitrogens with zero attached hydrogens (tertiary/aromatic N) is 3. The van der Waals surface area contributed by atoms with Gasteiger partial charge in [-0.05, 0) is 77.9 Å². The van der Waals surface area contributed by atoms with Crippen molar-refractivity contribution in [3.05, 3.63) is 129 Å². The third kappa shape index (κ3) is 8.11. The number of nitro benzene ring substituents is 1. The molecule has 44 heavy (non-hydrogen) atoms. The van der Waals surface area contributed by atoms with Gasteiger partial charge in [-0.15, -0.1) is 0 Å². The summed E-state index contributed by atoms with van der Waals surface area (Å²) in [6.07, 6.45) is -3.59. The Morgan fingerprint density at radius 3 is 2.27 bits per heavy atom. The van der Waals surface area contributed by atoms with Crippen LogP contribution in [0.3, 0.4) is 0 Å². The molecule has 15 heteroatoms. The minimum absolute atomic E-state index is 0.0319. The number of nitrogens with one attached hydrogen (secondary N) is 1. The second kappa shape index (κ2) is 13.6. The largest absolute Gasteiger partial charge is 0.489 e. The Kier molecular flexibility index (Phi) is 9.86. The molecule has 0 aliphatic heterocycles. The molecule has 0 radical (unpaired) electrons. The average Bonchev–Trinajstić information content (AvgIpc) is 3.00. The second-order valence-electron chi connectivity index (χ2n) is 9.06. The predicted octanol–water partition coefficient (Wildman–Crippen LogP) is 6.19. The molecule has 0 bridgehead atoms. The van der Waals surface area contributed by atoms with Crippen molar-refractivity contribution in [2.45, 2.75) is 17.7 Å². The van der Waals surface area contributed by atoms with Crippen LogP contribution >= 0.6 is 11.6 Å². The summed E-state index contributed by atoms with van der Waals surface area (Å²) < 4.78 is 73.5. The van der Waals surface area contributed by atoms with Crippen molar-refractivity contribution >= 4 is 45.1 Å². The highest BCUT2D eigenvalue weighted by molar-refractivity contribution is 7.92. The van der Waals surface area contributed by atoms with Crippen LogP contribution < -0.4 is 14.5 Å². The van der Waals surface area contributed by atoms with E-state index in [1.54, 1.807) is 42.5 Å². The van der Waals surface area contributed by atoms with Gasteiger partial charge in [0.1, 0.15) is 18.9 Å².